The number of rotatable bonds is 2. The Hall–Kier alpha value is -1.24. The maximum absolute atomic E-state index is 12.7. The molecular weight excluding hydrogens is 310 g/mol. The summed E-state index contributed by atoms with van der Waals surface area (Å²) in [5.74, 6) is 0.211. The number of aromatic nitrogens is 2. The van der Waals surface area contributed by atoms with Gasteiger partial charge in [0.05, 0.1) is 6.07 Å². The quantitative estimate of drug-likeness (QED) is 0.631. The molecule has 76 valence electrons. The summed E-state index contributed by atoms with van der Waals surface area (Å²) in [6.45, 7) is 0. The minimum atomic E-state index is -0.606. The molecule has 0 spiro atoms. The van der Waals surface area contributed by atoms with Gasteiger partial charge in [0.2, 0.25) is 11.8 Å². The maximum Gasteiger partial charge on any atom is 0.225 e. The maximum atomic E-state index is 12.7. The average molecular weight is 316 g/mol. The van der Waals surface area contributed by atoms with Crippen LogP contribution in [0.2, 0.25) is 0 Å². The second-order valence-corrected chi connectivity index (χ2v) is 3.98. The van der Waals surface area contributed by atoms with E-state index in [9.17, 15) is 4.39 Å². The lowest BCUT2D eigenvalue weighted by atomic mass is 10.3. The zero-order valence-corrected chi connectivity index (χ0v) is 9.68. The van der Waals surface area contributed by atoms with Crippen LogP contribution in [0.1, 0.15) is 0 Å². The van der Waals surface area contributed by atoms with E-state index in [2.05, 4.69) is 32.6 Å². The van der Waals surface area contributed by atoms with Crippen molar-refractivity contribution in [3.8, 4) is 11.6 Å². The van der Waals surface area contributed by atoms with Crippen LogP contribution in [0.25, 0.3) is 0 Å². The van der Waals surface area contributed by atoms with Crippen LogP contribution in [0.5, 0.6) is 11.6 Å². The van der Waals surface area contributed by atoms with Gasteiger partial charge in [-0.1, -0.05) is 0 Å². The third-order valence-corrected chi connectivity index (χ3v) is 2.36. The fraction of sp³-hybridized carbons (Fsp3) is 0. The monoisotopic (exact) mass is 316 g/mol. The molecule has 1 heterocycles. The van der Waals surface area contributed by atoms with Gasteiger partial charge in [-0.15, -0.1) is 0 Å². The van der Waals surface area contributed by atoms with Gasteiger partial charge in [-0.05, 0) is 46.9 Å². The molecule has 5 heteroatoms. The second kappa shape index (κ2) is 4.52. The van der Waals surface area contributed by atoms with Gasteiger partial charge >= 0.3 is 0 Å². The Kier molecular flexibility index (Phi) is 3.10. The van der Waals surface area contributed by atoms with Crippen molar-refractivity contribution in [1.29, 1.82) is 0 Å². The Morgan fingerprint density at radius 1 is 1.13 bits per heavy atom. The summed E-state index contributed by atoms with van der Waals surface area (Å²) in [4.78, 5) is 7.12. The number of hydrogen-bond donors (Lipinski definition) is 0. The Bertz CT molecular complexity index is 461. The van der Waals surface area contributed by atoms with Crippen LogP contribution in [-0.4, -0.2) is 9.97 Å². The van der Waals surface area contributed by atoms with Gasteiger partial charge in [0.25, 0.3) is 0 Å². The predicted octanol–water partition coefficient (Wildman–Crippen LogP) is 3.01. The molecule has 15 heavy (non-hydrogen) atoms. The zero-order valence-electron chi connectivity index (χ0n) is 7.52. The van der Waals surface area contributed by atoms with E-state index in [1.54, 1.807) is 12.1 Å². The molecule has 0 N–H and O–H groups in total. The summed E-state index contributed by atoms with van der Waals surface area (Å²) in [7, 11) is 0. The largest absolute Gasteiger partial charge is 0.439 e. The first-order chi connectivity index (χ1) is 7.24. The fourth-order valence-electron chi connectivity index (χ4n) is 0.997. The highest BCUT2D eigenvalue weighted by Gasteiger charge is 2.00. The van der Waals surface area contributed by atoms with Crippen LogP contribution in [-0.2, 0) is 0 Å². The van der Waals surface area contributed by atoms with Crippen LogP contribution in [0.4, 0.5) is 4.39 Å². The second-order valence-electron chi connectivity index (χ2n) is 2.73. The summed E-state index contributed by atoms with van der Waals surface area (Å²) in [6, 6.07) is 8.52. The molecule has 2 rings (SSSR count). The molecule has 0 aliphatic heterocycles. The van der Waals surface area contributed by atoms with Crippen LogP contribution in [0.15, 0.2) is 36.7 Å². The normalized spacial score (nSPS) is 10.0. The number of nitrogens with zero attached hydrogens (tertiary/aromatic N) is 2. The third kappa shape index (κ3) is 2.85. The first kappa shape index (κ1) is 10.3. The Labute approximate surface area is 99.5 Å². The first-order valence-corrected chi connectivity index (χ1v) is 5.23. The van der Waals surface area contributed by atoms with Crippen LogP contribution in [0, 0.1) is 9.52 Å². The summed E-state index contributed by atoms with van der Waals surface area (Å²) < 4.78 is 19.1. The van der Waals surface area contributed by atoms with Crippen molar-refractivity contribution in [1.82, 2.24) is 9.97 Å². The topological polar surface area (TPSA) is 35.0 Å². The minimum Gasteiger partial charge on any atom is -0.439 e. The molecule has 0 bridgehead atoms. The van der Waals surface area contributed by atoms with Gasteiger partial charge in [-0.25, -0.2) is 9.97 Å². The van der Waals surface area contributed by atoms with Gasteiger partial charge in [0, 0.05) is 3.57 Å². The van der Waals surface area contributed by atoms with Crippen molar-refractivity contribution in [3.05, 3.63) is 46.2 Å². The van der Waals surface area contributed by atoms with E-state index in [1.807, 2.05) is 12.1 Å². The standard InChI is InChI=1S/C10H6FIN2O/c11-9-5-10(14-6-13-9)15-8-3-1-7(12)2-4-8/h1-6H. The van der Waals surface area contributed by atoms with Gasteiger partial charge in [0.1, 0.15) is 12.1 Å². The van der Waals surface area contributed by atoms with Gasteiger partial charge in [-0.2, -0.15) is 4.39 Å². The molecule has 0 aliphatic carbocycles. The molecule has 0 radical (unpaired) electrons. The van der Waals surface area contributed by atoms with Crippen molar-refractivity contribution in [3.63, 3.8) is 0 Å². The predicted molar refractivity (Wildman–Crippen MR) is 61.2 cm³/mol. The van der Waals surface area contributed by atoms with Crippen molar-refractivity contribution < 1.29 is 9.13 Å². The fourth-order valence-corrected chi connectivity index (χ4v) is 1.36. The molecule has 0 aliphatic rings. The van der Waals surface area contributed by atoms with E-state index >= 15 is 0 Å². The summed E-state index contributed by atoms with van der Waals surface area (Å²) in [5.41, 5.74) is 0. The van der Waals surface area contributed by atoms with Crippen LogP contribution < -0.4 is 4.74 Å². The van der Waals surface area contributed by atoms with Crippen molar-refractivity contribution >= 4 is 22.6 Å². The molecule has 0 unspecified atom stereocenters. The van der Waals surface area contributed by atoms with Crippen molar-refractivity contribution in [2.24, 2.45) is 0 Å². The molecule has 0 saturated carbocycles. The molecule has 0 amide bonds. The van der Waals surface area contributed by atoms with E-state index < -0.39 is 5.95 Å². The molecule has 2 aromatic rings. The van der Waals surface area contributed by atoms with Crippen molar-refractivity contribution in [2.75, 3.05) is 0 Å². The molecule has 0 fully saturated rings. The van der Waals surface area contributed by atoms with E-state index in [0.29, 0.717) is 5.75 Å². The van der Waals surface area contributed by atoms with Gasteiger partial charge in [0.15, 0.2) is 0 Å². The Morgan fingerprint density at radius 3 is 2.53 bits per heavy atom. The van der Waals surface area contributed by atoms with E-state index in [1.165, 1.54) is 0 Å². The van der Waals surface area contributed by atoms with Crippen LogP contribution in [0.3, 0.4) is 0 Å². The third-order valence-electron chi connectivity index (χ3n) is 1.64. The lowest BCUT2D eigenvalue weighted by Crippen LogP contribution is -1.90. The highest BCUT2D eigenvalue weighted by Crippen LogP contribution is 2.19. The summed E-state index contributed by atoms with van der Waals surface area (Å²) >= 11 is 2.19. The number of benzene rings is 1. The average Bonchev–Trinajstić information content (AvgIpc) is 2.22. The molecule has 1 aromatic carbocycles. The van der Waals surface area contributed by atoms with E-state index in [0.717, 1.165) is 16.0 Å². The highest BCUT2D eigenvalue weighted by molar-refractivity contribution is 14.1. The lowest BCUT2D eigenvalue weighted by Gasteiger charge is -2.03. The molecular formula is C10H6FIN2O. The molecule has 0 saturated heterocycles. The van der Waals surface area contributed by atoms with E-state index in [-0.39, 0.29) is 5.88 Å². The number of ether oxygens (including phenoxy) is 1. The molecule has 1 aromatic heterocycles. The zero-order chi connectivity index (χ0) is 10.7. The lowest BCUT2D eigenvalue weighted by molar-refractivity contribution is 0.450. The molecule has 0 atom stereocenters. The Morgan fingerprint density at radius 2 is 1.87 bits per heavy atom. The van der Waals surface area contributed by atoms with Gasteiger partial charge < -0.3 is 4.74 Å². The smallest absolute Gasteiger partial charge is 0.225 e. The van der Waals surface area contributed by atoms with E-state index in [4.69, 9.17) is 4.74 Å². The number of hydrogen-bond acceptors (Lipinski definition) is 3. The van der Waals surface area contributed by atoms with Gasteiger partial charge in [-0.3, -0.25) is 0 Å². The minimum absolute atomic E-state index is 0.198. The summed E-state index contributed by atoms with van der Waals surface area (Å²) in [5, 5.41) is 0. The Balaban J connectivity index is 2.18. The van der Waals surface area contributed by atoms with Crippen molar-refractivity contribution in [2.45, 2.75) is 0 Å². The summed E-state index contributed by atoms with van der Waals surface area (Å²) in [6.07, 6.45) is 1.12. The molecule has 3 nitrogen and oxygen atoms in total. The SMILES string of the molecule is Fc1cc(Oc2ccc(I)cc2)ncn1. The van der Waals surface area contributed by atoms with Crippen LogP contribution >= 0.6 is 22.6 Å². The highest BCUT2D eigenvalue weighted by atomic mass is 127. The number of halogens is 2. The first-order valence-electron chi connectivity index (χ1n) is 4.15.